The van der Waals surface area contributed by atoms with Crippen LogP contribution in [-0.4, -0.2) is 27.1 Å². The number of nitrogens with zero attached hydrogens (tertiary/aromatic N) is 1. The summed E-state index contributed by atoms with van der Waals surface area (Å²) in [5.74, 6) is 0.0433. The van der Waals surface area contributed by atoms with Crippen LogP contribution < -0.4 is 5.32 Å². The summed E-state index contributed by atoms with van der Waals surface area (Å²) >= 11 is 0. The van der Waals surface area contributed by atoms with Crippen LogP contribution in [0.25, 0.3) is 17.1 Å². The minimum Gasteiger partial charge on any atom is -0.478 e. The quantitative estimate of drug-likeness (QED) is 0.742. The van der Waals surface area contributed by atoms with E-state index < -0.39 is 5.97 Å². The third-order valence-corrected chi connectivity index (χ3v) is 4.15. The number of aromatic nitrogens is 2. The minimum atomic E-state index is -0.944. The number of carboxylic acid groups (broad SMARTS) is 1. The molecule has 3 rings (SSSR count). The molecule has 0 radical (unpaired) electrons. The average molecular weight is 299 g/mol. The molecule has 1 aliphatic carbocycles. The molecule has 0 atom stereocenters. The molecule has 1 aromatic heterocycles. The van der Waals surface area contributed by atoms with Gasteiger partial charge in [-0.1, -0.05) is 6.07 Å². The number of H-pyrrole nitrogens is 1. The lowest BCUT2D eigenvalue weighted by Gasteiger charge is -2.42. The molecule has 5 nitrogen and oxygen atoms in total. The SMILES string of the molecule is CC(C)NC1(c2nc3ccc(/C=C/C(=O)O)cc3[nH]2)CCC1. The summed E-state index contributed by atoms with van der Waals surface area (Å²) in [7, 11) is 0. The van der Waals surface area contributed by atoms with E-state index in [9.17, 15) is 4.79 Å². The first kappa shape index (κ1) is 14.8. The number of nitrogens with one attached hydrogen (secondary N) is 2. The van der Waals surface area contributed by atoms with E-state index in [4.69, 9.17) is 10.1 Å². The molecule has 1 saturated carbocycles. The number of fused-ring (bicyclic) bond motifs is 1. The van der Waals surface area contributed by atoms with Crippen molar-refractivity contribution in [1.29, 1.82) is 0 Å². The molecular formula is C17H21N3O2. The summed E-state index contributed by atoms with van der Waals surface area (Å²) in [5.41, 5.74) is 2.67. The summed E-state index contributed by atoms with van der Waals surface area (Å²) in [6.45, 7) is 4.30. The van der Waals surface area contributed by atoms with Gasteiger partial charge in [-0.2, -0.15) is 0 Å². The normalized spacial score (nSPS) is 17.2. The van der Waals surface area contributed by atoms with E-state index in [-0.39, 0.29) is 5.54 Å². The van der Waals surface area contributed by atoms with Crippen molar-refractivity contribution in [2.75, 3.05) is 0 Å². The fourth-order valence-corrected chi connectivity index (χ4v) is 3.06. The first-order valence-corrected chi connectivity index (χ1v) is 7.67. The van der Waals surface area contributed by atoms with E-state index in [1.807, 2.05) is 18.2 Å². The van der Waals surface area contributed by atoms with Crippen molar-refractivity contribution in [3.05, 3.63) is 35.7 Å². The second-order valence-electron chi connectivity index (χ2n) is 6.27. The van der Waals surface area contributed by atoms with Gasteiger partial charge in [0.15, 0.2) is 0 Å². The second-order valence-corrected chi connectivity index (χ2v) is 6.27. The molecule has 1 heterocycles. The molecule has 0 saturated heterocycles. The Morgan fingerprint density at radius 2 is 2.23 bits per heavy atom. The third-order valence-electron chi connectivity index (χ3n) is 4.15. The van der Waals surface area contributed by atoms with Gasteiger partial charge >= 0.3 is 5.97 Å². The number of benzene rings is 1. The maximum absolute atomic E-state index is 10.6. The highest BCUT2D eigenvalue weighted by atomic mass is 16.4. The zero-order valence-electron chi connectivity index (χ0n) is 12.9. The zero-order chi connectivity index (χ0) is 15.7. The van der Waals surface area contributed by atoms with Crippen LogP contribution in [0.2, 0.25) is 0 Å². The van der Waals surface area contributed by atoms with E-state index in [2.05, 4.69) is 24.1 Å². The van der Waals surface area contributed by atoms with Crippen molar-refractivity contribution in [3.63, 3.8) is 0 Å². The molecule has 0 bridgehead atoms. The van der Waals surface area contributed by atoms with Gasteiger partial charge in [-0.05, 0) is 56.9 Å². The number of hydrogen-bond donors (Lipinski definition) is 3. The monoisotopic (exact) mass is 299 g/mol. The van der Waals surface area contributed by atoms with Crippen LogP contribution in [0.3, 0.4) is 0 Å². The lowest BCUT2D eigenvalue weighted by molar-refractivity contribution is -0.131. The van der Waals surface area contributed by atoms with Crippen molar-refractivity contribution in [3.8, 4) is 0 Å². The van der Waals surface area contributed by atoms with Crippen molar-refractivity contribution in [2.45, 2.75) is 44.7 Å². The van der Waals surface area contributed by atoms with Gasteiger partial charge < -0.3 is 15.4 Å². The molecule has 1 fully saturated rings. The lowest BCUT2D eigenvalue weighted by Crippen LogP contribution is -2.51. The van der Waals surface area contributed by atoms with E-state index in [0.29, 0.717) is 6.04 Å². The van der Waals surface area contributed by atoms with Crippen LogP contribution in [0.4, 0.5) is 0 Å². The van der Waals surface area contributed by atoms with Crippen LogP contribution in [0.1, 0.15) is 44.5 Å². The molecule has 5 heteroatoms. The first-order chi connectivity index (χ1) is 10.5. The van der Waals surface area contributed by atoms with Gasteiger partial charge in [0.05, 0.1) is 16.6 Å². The molecular weight excluding hydrogens is 278 g/mol. The molecule has 2 aromatic rings. The number of imidazole rings is 1. The Bertz CT molecular complexity index is 727. The molecule has 1 aliphatic rings. The number of carbonyl (C=O) groups is 1. The predicted molar refractivity (Wildman–Crippen MR) is 86.6 cm³/mol. The van der Waals surface area contributed by atoms with E-state index >= 15 is 0 Å². The van der Waals surface area contributed by atoms with Crippen molar-refractivity contribution < 1.29 is 9.90 Å². The number of aliphatic carboxylic acids is 1. The van der Waals surface area contributed by atoms with Crippen LogP contribution in [0.15, 0.2) is 24.3 Å². The Labute approximate surface area is 129 Å². The third kappa shape index (κ3) is 2.76. The Hall–Kier alpha value is -2.14. The van der Waals surface area contributed by atoms with Crippen LogP contribution in [0, 0.1) is 0 Å². The Kier molecular flexibility index (Phi) is 3.74. The Balaban J connectivity index is 1.94. The fourth-order valence-electron chi connectivity index (χ4n) is 3.06. The lowest BCUT2D eigenvalue weighted by atomic mass is 9.75. The highest BCUT2D eigenvalue weighted by Crippen LogP contribution is 2.40. The van der Waals surface area contributed by atoms with Crippen LogP contribution in [0.5, 0.6) is 0 Å². The molecule has 3 N–H and O–H groups in total. The maximum atomic E-state index is 10.6. The largest absolute Gasteiger partial charge is 0.478 e. The molecule has 116 valence electrons. The predicted octanol–water partition coefficient (Wildman–Crippen LogP) is 3.04. The summed E-state index contributed by atoms with van der Waals surface area (Å²) in [6, 6.07) is 6.16. The summed E-state index contributed by atoms with van der Waals surface area (Å²) in [6.07, 6.45) is 6.14. The van der Waals surface area contributed by atoms with Crippen LogP contribution >= 0.6 is 0 Å². The maximum Gasteiger partial charge on any atom is 0.328 e. The number of rotatable bonds is 5. The van der Waals surface area contributed by atoms with Gasteiger partial charge in [0, 0.05) is 12.1 Å². The summed E-state index contributed by atoms with van der Waals surface area (Å²) in [5, 5.41) is 12.3. The van der Waals surface area contributed by atoms with Gasteiger partial charge in [0.2, 0.25) is 0 Å². The van der Waals surface area contributed by atoms with Crippen molar-refractivity contribution in [1.82, 2.24) is 15.3 Å². The summed E-state index contributed by atoms with van der Waals surface area (Å²) < 4.78 is 0. The fraction of sp³-hybridized carbons (Fsp3) is 0.412. The van der Waals surface area contributed by atoms with Gasteiger partial charge in [-0.3, -0.25) is 0 Å². The second kappa shape index (κ2) is 5.57. The molecule has 0 spiro atoms. The Morgan fingerprint density at radius 3 is 2.82 bits per heavy atom. The minimum absolute atomic E-state index is 0.0374. The van der Waals surface area contributed by atoms with Crippen molar-refractivity contribution in [2.24, 2.45) is 0 Å². The number of aromatic amines is 1. The van der Waals surface area contributed by atoms with Gasteiger partial charge in [-0.25, -0.2) is 9.78 Å². The van der Waals surface area contributed by atoms with Gasteiger partial charge in [-0.15, -0.1) is 0 Å². The van der Waals surface area contributed by atoms with Gasteiger partial charge in [0.25, 0.3) is 0 Å². The molecule has 22 heavy (non-hydrogen) atoms. The van der Waals surface area contributed by atoms with Gasteiger partial charge in [0.1, 0.15) is 5.82 Å². The smallest absolute Gasteiger partial charge is 0.328 e. The van der Waals surface area contributed by atoms with E-state index in [1.54, 1.807) is 6.08 Å². The molecule has 0 amide bonds. The van der Waals surface area contributed by atoms with Crippen molar-refractivity contribution >= 4 is 23.1 Å². The average Bonchev–Trinajstić information content (AvgIpc) is 2.83. The highest BCUT2D eigenvalue weighted by molar-refractivity contribution is 5.86. The van der Waals surface area contributed by atoms with E-state index in [0.717, 1.165) is 41.3 Å². The first-order valence-electron chi connectivity index (χ1n) is 7.67. The van der Waals surface area contributed by atoms with Crippen LogP contribution in [-0.2, 0) is 10.3 Å². The number of carboxylic acids is 1. The topological polar surface area (TPSA) is 78.0 Å². The standard InChI is InChI=1S/C17H21N3O2/c1-11(2)20-17(8-3-9-17)16-18-13-6-4-12(5-7-15(21)22)10-14(13)19-16/h4-7,10-11,20H,3,8-9H2,1-2H3,(H,18,19)(H,21,22)/b7-5+. The zero-order valence-corrected chi connectivity index (χ0v) is 12.9. The van der Waals surface area contributed by atoms with E-state index in [1.165, 1.54) is 6.42 Å². The molecule has 0 aliphatic heterocycles. The summed E-state index contributed by atoms with van der Waals surface area (Å²) in [4.78, 5) is 18.8. The number of hydrogen-bond acceptors (Lipinski definition) is 3. The highest BCUT2D eigenvalue weighted by Gasteiger charge is 2.41. The molecule has 1 aromatic carbocycles. The molecule has 0 unspecified atom stereocenters. The Morgan fingerprint density at radius 1 is 1.45 bits per heavy atom.